The maximum absolute atomic E-state index is 6.04. The van der Waals surface area contributed by atoms with Gasteiger partial charge in [0.25, 0.3) is 0 Å². The van der Waals surface area contributed by atoms with Gasteiger partial charge >= 0.3 is 0 Å². The summed E-state index contributed by atoms with van der Waals surface area (Å²) in [6, 6.07) is 13.8. The van der Waals surface area contributed by atoms with Gasteiger partial charge in [-0.1, -0.05) is 24.6 Å². The van der Waals surface area contributed by atoms with Crippen LogP contribution >= 0.6 is 0 Å². The Labute approximate surface area is 138 Å². The molecule has 1 atom stereocenters. The molecule has 0 aliphatic carbocycles. The van der Waals surface area contributed by atoms with Crippen molar-refractivity contribution in [3.05, 3.63) is 48.0 Å². The quantitative estimate of drug-likeness (QED) is 0.789. The average molecular weight is 315 g/mol. The molecule has 2 aromatic carbocycles. The second-order valence-electron chi connectivity index (χ2n) is 5.41. The number of anilines is 1. The Morgan fingerprint density at radius 1 is 0.957 bits per heavy atom. The molecule has 0 heterocycles. The molecular formula is C19H25NO3. The summed E-state index contributed by atoms with van der Waals surface area (Å²) in [5, 5.41) is 3.39. The molecule has 0 aliphatic heterocycles. The number of ether oxygens (including phenoxy) is 3. The largest absolute Gasteiger partial charge is 0.497 e. The molecule has 0 aromatic heterocycles. The highest BCUT2D eigenvalue weighted by Gasteiger charge is 2.11. The van der Waals surface area contributed by atoms with Gasteiger partial charge in [-0.25, -0.2) is 0 Å². The Hall–Kier alpha value is -2.36. The molecule has 0 aliphatic rings. The van der Waals surface area contributed by atoms with Gasteiger partial charge < -0.3 is 19.5 Å². The van der Waals surface area contributed by atoms with Crippen LogP contribution in [-0.2, 0) is 0 Å². The zero-order valence-electron chi connectivity index (χ0n) is 14.3. The minimum absolute atomic E-state index is 0.0774. The highest BCUT2D eigenvalue weighted by Crippen LogP contribution is 2.29. The first-order chi connectivity index (χ1) is 11.2. The van der Waals surface area contributed by atoms with E-state index in [9.17, 15) is 0 Å². The molecule has 124 valence electrons. The molecule has 23 heavy (non-hydrogen) atoms. The summed E-state index contributed by atoms with van der Waals surface area (Å²) in [5.41, 5.74) is 2.13. The predicted molar refractivity (Wildman–Crippen MR) is 93.9 cm³/mol. The van der Waals surface area contributed by atoms with Crippen molar-refractivity contribution in [1.82, 2.24) is 0 Å². The molecule has 0 amide bonds. The van der Waals surface area contributed by atoms with Gasteiger partial charge in [-0.3, -0.25) is 0 Å². The topological polar surface area (TPSA) is 39.7 Å². The maximum atomic E-state index is 6.04. The molecular weight excluding hydrogens is 290 g/mol. The van der Waals surface area contributed by atoms with Crippen molar-refractivity contribution in [2.75, 3.05) is 26.1 Å². The summed E-state index contributed by atoms with van der Waals surface area (Å²) in [7, 11) is 3.31. The van der Waals surface area contributed by atoms with E-state index in [1.54, 1.807) is 14.2 Å². The summed E-state index contributed by atoms with van der Waals surface area (Å²) >= 11 is 0. The van der Waals surface area contributed by atoms with Crippen molar-refractivity contribution in [1.29, 1.82) is 0 Å². The van der Waals surface area contributed by atoms with E-state index < -0.39 is 0 Å². The van der Waals surface area contributed by atoms with Gasteiger partial charge in [-0.2, -0.15) is 0 Å². The fraction of sp³-hybridized carbons (Fsp3) is 0.368. The zero-order chi connectivity index (χ0) is 16.7. The van der Waals surface area contributed by atoms with Gasteiger partial charge in [0.1, 0.15) is 23.4 Å². The molecule has 4 heteroatoms. The minimum atomic E-state index is 0.0774. The van der Waals surface area contributed by atoms with Crippen LogP contribution in [0.5, 0.6) is 17.2 Å². The van der Waals surface area contributed by atoms with Gasteiger partial charge in [0.05, 0.1) is 26.5 Å². The van der Waals surface area contributed by atoms with Crippen LogP contribution in [0.3, 0.4) is 0 Å². The van der Waals surface area contributed by atoms with E-state index in [2.05, 4.69) is 31.3 Å². The number of rotatable bonds is 8. The molecule has 2 rings (SSSR count). The molecule has 0 bridgehead atoms. The number of hydrogen-bond donors (Lipinski definition) is 1. The smallest absolute Gasteiger partial charge is 0.142 e. The average Bonchev–Trinajstić information content (AvgIpc) is 2.59. The highest BCUT2D eigenvalue weighted by molar-refractivity contribution is 5.59. The minimum Gasteiger partial charge on any atom is -0.497 e. The lowest BCUT2D eigenvalue weighted by Gasteiger charge is -2.20. The number of hydrogen-bond acceptors (Lipinski definition) is 4. The fourth-order valence-electron chi connectivity index (χ4n) is 2.25. The number of methoxy groups -OCH3 is 2. The van der Waals surface area contributed by atoms with Gasteiger partial charge in [0, 0.05) is 6.07 Å². The summed E-state index contributed by atoms with van der Waals surface area (Å²) in [4.78, 5) is 0. The molecule has 0 saturated carbocycles. The molecule has 0 fully saturated rings. The van der Waals surface area contributed by atoms with Crippen LogP contribution in [-0.4, -0.2) is 26.9 Å². The Kier molecular flexibility index (Phi) is 6.15. The molecule has 0 radical (unpaired) electrons. The Balaban J connectivity index is 2.01. The van der Waals surface area contributed by atoms with Gasteiger partial charge in [-0.15, -0.1) is 0 Å². The van der Waals surface area contributed by atoms with Gasteiger partial charge in [-0.05, 0) is 37.6 Å². The first-order valence-corrected chi connectivity index (χ1v) is 7.85. The summed E-state index contributed by atoms with van der Waals surface area (Å²) < 4.78 is 16.7. The van der Waals surface area contributed by atoms with Crippen LogP contribution in [0.25, 0.3) is 0 Å². The van der Waals surface area contributed by atoms with E-state index in [4.69, 9.17) is 14.2 Å². The maximum Gasteiger partial charge on any atom is 0.142 e. The van der Waals surface area contributed by atoms with E-state index in [1.807, 2.05) is 30.3 Å². The first-order valence-electron chi connectivity index (χ1n) is 7.85. The van der Waals surface area contributed by atoms with Crippen LogP contribution in [0.4, 0.5) is 5.69 Å². The van der Waals surface area contributed by atoms with Crippen molar-refractivity contribution < 1.29 is 14.2 Å². The monoisotopic (exact) mass is 315 g/mol. The predicted octanol–water partition coefficient (Wildman–Crippen LogP) is 4.28. The van der Waals surface area contributed by atoms with Crippen molar-refractivity contribution >= 4 is 5.69 Å². The summed E-state index contributed by atoms with van der Waals surface area (Å²) in [6.45, 7) is 4.87. The van der Waals surface area contributed by atoms with E-state index in [0.717, 1.165) is 29.4 Å². The molecule has 1 N–H and O–H groups in total. The number of aryl methyl sites for hydroxylation is 1. The lowest BCUT2D eigenvalue weighted by Crippen LogP contribution is -2.25. The van der Waals surface area contributed by atoms with E-state index in [1.165, 1.54) is 5.56 Å². The molecule has 0 saturated heterocycles. The Morgan fingerprint density at radius 3 is 2.26 bits per heavy atom. The van der Waals surface area contributed by atoms with Gasteiger partial charge in [0.15, 0.2) is 0 Å². The lowest BCUT2D eigenvalue weighted by atomic mass is 10.2. The molecule has 1 unspecified atom stereocenters. The second-order valence-corrected chi connectivity index (χ2v) is 5.41. The fourth-order valence-corrected chi connectivity index (χ4v) is 2.25. The number of nitrogens with one attached hydrogen (secondary N) is 1. The third-order valence-corrected chi connectivity index (χ3v) is 3.71. The van der Waals surface area contributed by atoms with Crippen LogP contribution in [0.1, 0.15) is 18.9 Å². The third kappa shape index (κ3) is 4.81. The van der Waals surface area contributed by atoms with Crippen molar-refractivity contribution in [2.45, 2.75) is 26.4 Å². The second kappa shape index (κ2) is 8.32. The van der Waals surface area contributed by atoms with E-state index in [-0.39, 0.29) is 6.10 Å². The van der Waals surface area contributed by atoms with Crippen molar-refractivity contribution in [3.8, 4) is 17.2 Å². The summed E-state index contributed by atoms with van der Waals surface area (Å²) in [6.07, 6.45) is 0.987. The SMILES string of the molecule is CCC(CNc1cc(OC)ccc1OC)Oc1ccc(C)cc1. The lowest BCUT2D eigenvalue weighted by molar-refractivity contribution is 0.210. The van der Waals surface area contributed by atoms with Crippen molar-refractivity contribution in [2.24, 2.45) is 0 Å². The third-order valence-electron chi connectivity index (χ3n) is 3.71. The summed E-state index contributed by atoms with van der Waals surface area (Å²) in [5.74, 6) is 2.47. The van der Waals surface area contributed by atoms with Crippen LogP contribution < -0.4 is 19.5 Å². The normalized spacial score (nSPS) is 11.7. The molecule has 4 nitrogen and oxygen atoms in total. The van der Waals surface area contributed by atoms with Crippen LogP contribution in [0, 0.1) is 6.92 Å². The molecule has 2 aromatic rings. The Morgan fingerprint density at radius 2 is 1.65 bits per heavy atom. The van der Waals surface area contributed by atoms with Crippen LogP contribution in [0.2, 0.25) is 0 Å². The zero-order valence-corrected chi connectivity index (χ0v) is 14.3. The van der Waals surface area contributed by atoms with E-state index in [0.29, 0.717) is 6.54 Å². The van der Waals surface area contributed by atoms with E-state index >= 15 is 0 Å². The highest BCUT2D eigenvalue weighted by atomic mass is 16.5. The molecule has 0 spiro atoms. The van der Waals surface area contributed by atoms with Gasteiger partial charge in [0.2, 0.25) is 0 Å². The van der Waals surface area contributed by atoms with Crippen molar-refractivity contribution in [3.63, 3.8) is 0 Å². The van der Waals surface area contributed by atoms with Crippen LogP contribution in [0.15, 0.2) is 42.5 Å². The Bertz CT molecular complexity index is 611. The number of benzene rings is 2. The first kappa shape index (κ1) is 17.0. The standard InChI is InChI=1S/C19H25NO3/c1-5-15(23-16-8-6-14(2)7-9-16)13-20-18-12-17(21-3)10-11-19(18)22-4/h6-12,15,20H,5,13H2,1-4H3.